The van der Waals surface area contributed by atoms with E-state index in [9.17, 15) is 5.11 Å². The average molecular weight is 261 g/mol. The van der Waals surface area contributed by atoms with Gasteiger partial charge in [0, 0.05) is 24.4 Å². The summed E-state index contributed by atoms with van der Waals surface area (Å²) in [6.45, 7) is 1.95. The van der Waals surface area contributed by atoms with E-state index in [1.165, 1.54) is 32.1 Å². The summed E-state index contributed by atoms with van der Waals surface area (Å²) >= 11 is 0. The van der Waals surface area contributed by atoms with E-state index in [4.69, 9.17) is 0 Å². The smallest absolute Gasteiger partial charge is 0.142 e. The van der Waals surface area contributed by atoms with Crippen LogP contribution in [-0.2, 0) is 6.54 Å². The third-order valence-corrected chi connectivity index (χ3v) is 4.65. The first-order valence-electron chi connectivity index (χ1n) is 7.52. The van der Waals surface area contributed by atoms with E-state index in [1.54, 1.807) is 0 Å². The number of aliphatic hydroxyl groups excluding tert-OH is 1. The highest BCUT2D eigenvalue weighted by Crippen LogP contribution is 2.35. The van der Waals surface area contributed by atoms with Crippen LogP contribution in [-0.4, -0.2) is 38.7 Å². The second-order valence-electron chi connectivity index (χ2n) is 5.86. The SMILES string of the molecule is O[C@@H]1CCCC[C@H]1[C@@H]1CCCN1Cc1ncccn1. The van der Waals surface area contributed by atoms with Crippen molar-refractivity contribution in [3.8, 4) is 0 Å². The van der Waals surface area contributed by atoms with Crippen molar-refractivity contribution in [2.45, 2.75) is 57.2 Å². The number of aromatic nitrogens is 2. The Labute approximate surface area is 114 Å². The lowest BCUT2D eigenvalue weighted by molar-refractivity contribution is 0.0195. The van der Waals surface area contributed by atoms with Crippen LogP contribution in [0.5, 0.6) is 0 Å². The first-order valence-corrected chi connectivity index (χ1v) is 7.52. The molecule has 2 aliphatic rings. The zero-order valence-corrected chi connectivity index (χ0v) is 11.4. The van der Waals surface area contributed by atoms with Crippen LogP contribution in [0.4, 0.5) is 0 Å². The molecule has 104 valence electrons. The van der Waals surface area contributed by atoms with Gasteiger partial charge in [-0.25, -0.2) is 9.97 Å². The normalized spacial score (nSPS) is 32.6. The first-order chi connectivity index (χ1) is 9.34. The van der Waals surface area contributed by atoms with E-state index in [0.717, 1.165) is 25.3 Å². The van der Waals surface area contributed by atoms with E-state index < -0.39 is 0 Å². The molecule has 1 N–H and O–H groups in total. The zero-order valence-electron chi connectivity index (χ0n) is 11.4. The maximum atomic E-state index is 10.3. The predicted octanol–water partition coefficient (Wildman–Crippen LogP) is 1.99. The van der Waals surface area contributed by atoms with Crippen molar-refractivity contribution in [1.82, 2.24) is 14.9 Å². The van der Waals surface area contributed by atoms with Crippen molar-refractivity contribution in [3.63, 3.8) is 0 Å². The van der Waals surface area contributed by atoms with Crippen LogP contribution in [0.1, 0.15) is 44.3 Å². The van der Waals surface area contributed by atoms with E-state index >= 15 is 0 Å². The van der Waals surface area contributed by atoms with Crippen molar-refractivity contribution in [1.29, 1.82) is 0 Å². The fourth-order valence-corrected chi connectivity index (χ4v) is 3.72. The maximum Gasteiger partial charge on any atom is 0.142 e. The van der Waals surface area contributed by atoms with Crippen molar-refractivity contribution in [2.24, 2.45) is 5.92 Å². The van der Waals surface area contributed by atoms with Crippen molar-refractivity contribution >= 4 is 0 Å². The lowest BCUT2D eigenvalue weighted by Gasteiger charge is -2.37. The molecular weight excluding hydrogens is 238 g/mol. The summed E-state index contributed by atoms with van der Waals surface area (Å²) in [7, 11) is 0. The maximum absolute atomic E-state index is 10.3. The molecule has 1 aromatic rings. The molecule has 1 saturated carbocycles. The molecule has 4 heteroatoms. The van der Waals surface area contributed by atoms with Crippen LogP contribution in [0.25, 0.3) is 0 Å². The highest BCUT2D eigenvalue weighted by atomic mass is 16.3. The molecular formula is C15H23N3O. The third-order valence-electron chi connectivity index (χ3n) is 4.65. The van der Waals surface area contributed by atoms with E-state index in [-0.39, 0.29) is 6.10 Å². The van der Waals surface area contributed by atoms with Crippen molar-refractivity contribution in [2.75, 3.05) is 6.54 Å². The molecule has 19 heavy (non-hydrogen) atoms. The van der Waals surface area contributed by atoms with Gasteiger partial charge < -0.3 is 5.11 Å². The van der Waals surface area contributed by atoms with Crippen LogP contribution in [0, 0.1) is 5.92 Å². The number of aliphatic hydroxyl groups is 1. The van der Waals surface area contributed by atoms with Gasteiger partial charge in [-0.05, 0) is 38.3 Å². The zero-order chi connectivity index (χ0) is 13.1. The Morgan fingerprint density at radius 1 is 1.11 bits per heavy atom. The molecule has 1 aromatic heterocycles. The quantitative estimate of drug-likeness (QED) is 0.904. The van der Waals surface area contributed by atoms with Gasteiger partial charge >= 0.3 is 0 Å². The Bertz CT molecular complexity index is 398. The highest BCUT2D eigenvalue weighted by molar-refractivity contribution is 4.94. The van der Waals surface area contributed by atoms with Gasteiger partial charge in [-0.15, -0.1) is 0 Å². The Balaban J connectivity index is 1.67. The molecule has 1 aliphatic carbocycles. The molecule has 0 aromatic carbocycles. The summed E-state index contributed by atoms with van der Waals surface area (Å²) in [5, 5.41) is 10.3. The van der Waals surface area contributed by atoms with E-state index in [2.05, 4.69) is 14.9 Å². The Hall–Kier alpha value is -1.00. The molecule has 3 rings (SSSR count). The van der Waals surface area contributed by atoms with Gasteiger partial charge in [0.05, 0.1) is 12.6 Å². The van der Waals surface area contributed by atoms with Gasteiger partial charge in [0.1, 0.15) is 5.82 Å². The lowest BCUT2D eigenvalue weighted by atomic mass is 9.80. The van der Waals surface area contributed by atoms with Gasteiger partial charge in [0.15, 0.2) is 0 Å². The Morgan fingerprint density at radius 3 is 2.68 bits per heavy atom. The van der Waals surface area contributed by atoms with Gasteiger partial charge in [-0.3, -0.25) is 4.90 Å². The summed E-state index contributed by atoms with van der Waals surface area (Å²) in [5.74, 6) is 1.36. The minimum Gasteiger partial charge on any atom is -0.393 e. The summed E-state index contributed by atoms with van der Waals surface area (Å²) in [6.07, 6.45) is 10.6. The summed E-state index contributed by atoms with van der Waals surface area (Å²) in [5.41, 5.74) is 0. The van der Waals surface area contributed by atoms with Crippen LogP contribution >= 0.6 is 0 Å². The van der Waals surface area contributed by atoms with Gasteiger partial charge in [-0.2, -0.15) is 0 Å². The first kappa shape index (κ1) is 13.0. The van der Waals surface area contributed by atoms with Crippen LogP contribution in [0.2, 0.25) is 0 Å². The minimum absolute atomic E-state index is 0.101. The molecule has 2 heterocycles. The molecule has 1 aliphatic heterocycles. The average Bonchev–Trinajstić information content (AvgIpc) is 2.88. The monoisotopic (exact) mass is 261 g/mol. The number of hydrogen-bond acceptors (Lipinski definition) is 4. The summed E-state index contributed by atoms with van der Waals surface area (Å²) in [6, 6.07) is 2.38. The van der Waals surface area contributed by atoms with Crippen molar-refractivity contribution < 1.29 is 5.11 Å². The van der Waals surface area contributed by atoms with Crippen LogP contribution < -0.4 is 0 Å². The minimum atomic E-state index is -0.101. The number of likely N-dealkylation sites (tertiary alicyclic amines) is 1. The fourth-order valence-electron chi connectivity index (χ4n) is 3.72. The second kappa shape index (κ2) is 5.97. The third kappa shape index (κ3) is 2.95. The fraction of sp³-hybridized carbons (Fsp3) is 0.733. The molecule has 0 bridgehead atoms. The molecule has 0 radical (unpaired) electrons. The summed E-state index contributed by atoms with van der Waals surface area (Å²) in [4.78, 5) is 11.1. The molecule has 1 saturated heterocycles. The molecule has 2 fully saturated rings. The molecule has 4 nitrogen and oxygen atoms in total. The largest absolute Gasteiger partial charge is 0.393 e. The Kier molecular flexibility index (Phi) is 4.09. The topological polar surface area (TPSA) is 49.2 Å². The van der Waals surface area contributed by atoms with Gasteiger partial charge in [-0.1, -0.05) is 12.8 Å². The lowest BCUT2D eigenvalue weighted by Crippen LogP contribution is -2.42. The Morgan fingerprint density at radius 2 is 1.89 bits per heavy atom. The predicted molar refractivity (Wildman–Crippen MR) is 73.4 cm³/mol. The number of nitrogens with zero attached hydrogens (tertiary/aromatic N) is 3. The molecule has 3 atom stereocenters. The van der Waals surface area contributed by atoms with Gasteiger partial charge in [0.25, 0.3) is 0 Å². The standard InChI is InChI=1S/C15H23N3O/c19-14-7-2-1-5-12(14)13-6-3-10-18(13)11-15-16-8-4-9-17-15/h4,8-9,12-14,19H,1-3,5-7,10-11H2/t12-,13-,14+/m0/s1. The number of rotatable bonds is 3. The molecule has 0 spiro atoms. The van der Waals surface area contributed by atoms with E-state index in [0.29, 0.717) is 12.0 Å². The molecule has 0 unspecified atom stereocenters. The van der Waals surface area contributed by atoms with Crippen LogP contribution in [0.15, 0.2) is 18.5 Å². The molecule has 0 amide bonds. The second-order valence-corrected chi connectivity index (χ2v) is 5.86. The highest BCUT2D eigenvalue weighted by Gasteiger charge is 2.36. The van der Waals surface area contributed by atoms with E-state index in [1.807, 2.05) is 18.5 Å². The van der Waals surface area contributed by atoms with Crippen LogP contribution in [0.3, 0.4) is 0 Å². The van der Waals surface area contributed by atoms with Gasteiger partial charge in [0.2, 0.25) is 0 Å². The van der Waals surface area contributed by atoms with Crippen molar-refractivity contribution in [3.05, 3.63) is 24.3 Å². The summed E-state index contributed by atoms with van der Waals surface area (Å²) < 4.78 is 0. The number of hydrogen-bond donors (Lipinski definition) is 1.